The Labute approximate surface area is 276 Å². The van der Waals surface area contributed by atoms with Crippen LogP contribution in [0.2, 0.25) is 0 Å². The van der Waals surface area contributed by atoms with Crippen molar-refractivity contribution in [3.8, 4) is 0 Å². The Hall–Kier alpha value is -4.65. The van der Waals surface area contributed by atoms with Gasteiger partial charge in [-0.3, -0.25) is 0 Å². The van der Waals surface area contributed by atoms with Crippen LogP contribution in [-0.2, 0) is 6.42 Å². The van der Waals surface area contributed by atoms with Gasteiger partial charge >= 0.3 is 8.16 Å². The molecule has 0 unspecified atom stereocenters. The Morgan fingerprint density at radius 2 is 1.11 bits per heavy atom. The Morgan fingerprint density at radius 3 is 1.70 bits per heavy atom. The number of hydrogen-bond acceptors (Lipinski definition) is 3. The largest absolute Gasteiger partial charge is 0.408 e. The van der Waals surface area contributed by atoms with Gasteiger partial charge in [-0.2, -0.15) is 0 Å². The maximum Gasteiger partial charge on any atom is 0.307 e. The van der Waals surface area contributed by atoms with E-state index < -0.39 is 16.1 Å². The maximum atomic E-state index is 6.92. The number of benzene rings is 7. The van der Waals surface area contributed by atoms with Crippen molar-refractivity contribution in [2.45, 2.75) is 25.3 Å². The van der Waals surface area contributed by atoms with Gasteiger partial charge in [-0.25, -0.2) is 5.09 Å². The van der Waals surface area contributed by atoms with Gasteiger partial charge in [0.1, 0.15) is 11.2 Å². The summed E-state index contributed by atoms with van der Waals surface area (Å²) in [6.07, 6.45) is 3.23. The molecular weight excluding hydrogens is 612 g/mol. The molecule has 0 amide bonds. The first-order chi connectivity index (χ1) is 23.3. The van der Waals surface area contributed by atoms with E-state index in [1.54, 1.807) is 0 Å². The first-order valence-corrected chi connectivity index (χ1v) is 18.8. The van der Waals surface area contributed by atoms with Crippen LogP contribution in [0.15, 0.2) is 160 Å². The molecular formula is C42H33NO2P2. The van der Waals surface area contributed by atoms with E-state index in [1.807, 2.05) is 0 Å². The fraction of sp³-hybridized carbons (Fsp3) is 0.0952. The zero-order valence-corrected chi connectivity index (χ0v) is 27.6. The van der Waals surface area contributed by atoms with Crippen molar-refractivity contribution in [3.05, 3.63) is 163 Å². The summed E-state index contributed by atoms with van der Waals surface area (Å²) < 4.78 is 13.8. The van der Waals surface area contributed by atoms with E-state index >= 15 is 0 Å². The lowest BCUT2D eigenvalue weighted by Gasteiger charge is -2.31. The lowest BCUT2D eigenvalue weighted by molar-refractivity contribution is 0.589. The van der Waals surface area contributed by atoms with Crippen LogP contribution in [-0.4, -0.2) is 0 Å². The van der Waals surface area contributed by atoms with Crippen molar-refractivity contribution in [1.29, 1.82) is 0 Å². The summed E-state index contributed by atoms with van der Waals surface area (Å²) in [5.41, 5.74) is 4.55. The molecule has 3 nitrogen and oxygen atoms in total. The van der Waals surface area contributed by atoms with Crippen molar-refractivity contribution in [2.24, 2.45) is 0 Å². The van der Waals surface area contributed by atoms with Crippen molar-refractivity contribution in [3.63, 3.8) is 0 Å². The molecule has 1 atom stereocenters. The molecule has 1 N–H and O–H groups in total. The molecule has 9 rings (SSSR count). The third-order valence-electron chi connectivity index (χ3n) is 9.39. The van der Waals surface area contributed by atoms with Crippen LogP contribution in [0.1, 0.15) is 30.0 Å². The Bertz CT molecular complexity index is 2300. The second-order valence-corrected chi connectivity index (χ2v) is 15.5. The molecule has 5 heteroatoms. The minimum Gasteiger partial charge on any atom is -0.408 e. The second kappa shape index (κ2) is 12.2. The zero-order valence-electron chi connectivity index (χ0n) is 25.8. The van der Waals surface area contributed by atoms with Gasteiger partial charge in [-0.15, -0.1) is 0 Å². The molecule has 7 aromatic carbocycles. The molecule has 0 fully saturated rings. The molecule has 1 aliphatic carbocycles. The molecule has 1 heterocycles. The molecule has 0 bridgehead atoms. The van der Waals surface area contributed by atoms with E-state index in [2.05, 4.69) is 157 Å². The number of nitrogens with one attached hydrogen (secondary N) is 1. The molecule has 0 saturated carbocycles. The summed E-state index contributed by atoms with van der Waals surface area (Å²) in [4.78, 5) is 0. The van der Waals surface area contributed by atoms with Gasteiger partial charge in [0, 0.05) is 16.8 Å². The Kier molecular flexibility index (Phi) is 7.40. The third-order valence-corrected chi connectivity index (χ3v) is 13.1. The Balaban J connectivity index is 1.25. The van der Waals surface area contributed by atoms with Crippen LogP contribution < -0.4 is 21.0 Å². The summed E-state index contributed by atoms with van der Waals surface area (Å²) in [7, 11) is -2.27. The second-order valence-electron chi connectivity index (χ2n) is 12.2. The highest BCUT2D eigenvalue weighted by Gasteiger charge is 2.29. The average Bonchev–Trinajstić information content (AvgIpc) is 3.29. The number of fused-ring (bicyclic) bond motifs is 8. The summed E-state index contributed by atoms with van der Waals surface area (Å²) in [5.74, 6) is 0. The molecule has 8 aromatic rings. The standard InChI is InChI=1S/C42H33NO2P2/c1-3-17-32(18-4-1)46(33-19-5-2-6-20-33)39-24-12-16-31-15-11-23-36(40(31)39)43-47-44-37-27-25-29-13-7-9-21-34(29)41(37)42-35-22-10-8-14-30(35)26-28-38(42)45-47/h1-10,12-14,16-22,24-28,36,43H,11,15,23H2/t36-/m1/s1. The van der Waals surface area contributed by atoms with Gasteiger partial charge in [-0.1, -0.05) is 140 Å². The average molecular weight is 646 g/mol. The molecule has 0 spiro atoms. The number of rotatable bonds is 5. The van der Waals surface area contributed by atoms with Crippen LogP contribution >= 0.6 is 16.1 Å². The molecule has 0 saturated heterocycles. The lowest BCUT2D eigenvalue weighted by atomic mass is 9.88. The van der Waals surface area contributed by atoms with Gasteiger partial charge in [0.2, 0.25) is 0 Å². The zero-order chi connectivity index (χ0) is 31.2. The van der Waals surface area contributed by atoms with Gasteiger partial charge in [0.05, 0.1) is 0 Å². The molecule has 0 radical (unpaired) electrons. The van der Waals surface area contributed by atoms with Gasteiger partial charge < -0.3 is 8.39 Å². The Morgan fingerprint density at radius 1 is 0.553 bits per heavy atom. The topological polar surface area (TPSA) is 38.3 Å². The highest BCUT2D eigenvalue weighted by molar-refractivity contribution is 7.79. The van der Waals surface area contributed by atoms with Crippen molar-refractivity contribution >= 4 is 75.5 Å². The van der Waals surface area contributed by atoms with E-state index in [0.29, 0.717) is 0 Å². The number of hydrogen-bond donors (Lipinski definition) is 1. The van der Waals surface area contributed by atoms with Crippen LogP contribution in [0, 0.1) is 0 Å². The van der Waals surface area contributed by atoms with Crippen LogP contribution in [0.5, 0.6) is 0 Å². The molecule has 228 valence electrons. The van der Waals surface area contributed by atoms with Crippen molar-refractivity contribution in [2.75, 3.05) is 5.09 Å². The van der Waals surface area contributed by atoms with Crippen molar-refractivity contribution in [1.82, 2.24) is 0 Å². The molecule has 1 aromatic heterocycles. The molecule has 0 aliphatic heterocycles. The predicted molar refractivity (Wildman–Crippen MR) is 202 cm³/mol. The van der Waals surface area contributed by atoms with Crippen LogP contribution in [0.4, 0.5) is 0 Å². The van der Waals surface area contributed by atoms with Gasteiger partial charge in [0.25, 0.3) is 0 Å². The number of aryl methyl sites for hydroxylation is 1. The fourth-order valence-electron chi connectivity index (χ4n) is 7.31. The van der Waals surface area contributed by atoms with Crippen LogP contribution in [0.25, 0.3) is 43.5 Å². The predicted octanol–water partition coefficient (Wildman–Crippen LogP) is 11.0. The van der Waals surface area contributed by atoms with Gasteiger partial charge in [0.15, 0.2) is 0 Å². The first-order valence-electron chi connectivity index (χ1n) is 16.3. The van der Waals surface area contributed by atoms with Crippen molar-refractivity contribution < 1.29 is 8.39 Å². The SMILES string of the molecule is c1ccc(P(c2ccccc2)c2cccc3c2[C@H](Np2oc4ccc5ccccc5c4c4c(ccc5ccccc54)o2)CCC3)cc1. The van der Waals surface area contributed by atoms with E-state index in [1.165, 1.54) is 48.6 Å². The van der Waals surface area contributed by atoms with E-state index in [9.17, 15) is 0 Å². The molecule has 1 aliphatic rings. The minimum atomic E-state index is -1.51. The van der Waals surface area contributed by atoms with E-state index in [-0.39, 0.29) is 6.04 Å². The maximum absolute atomic E-state index is 6.92. The summed E-state index contributed by atoms with van der Waals surface area (Å²) in [6, 6.07) is 54.8. The summed E-state index contributed by atoms with van der Waals surface area (Å²) in [6.45, 7) is 0. The normalized spacial score (nSPS) is 14.6. The monoisotopic (exact) mass is 645 g/mol. The van der Waals surface area contributed by atoms with Gasteiger partial charge in [-0.05, 0) is 87.9 Å². The lowest BCUT2D eigenvalue weighted by Crippen LogP contribution is -2.29. The van der Waals surface area contributed by atoms with E-state index in [4.69, 9.17) is 8.39 Å². The first kappa shape index (κ1) is 28.6. The van der Waals surface area contributed by atoms with E-state index in [0.717, 1.165) is 41.2 Å². The van der Waals surface area contributed by atoms with Crippen LogP contribution in [0.3, 0.4) is 0 Å². The molecule has 47 heavy (non-hydrogen) atoms. The highest BCUT2D eigenvalue weighted by Crippen LogP contribution is 2.45. The summed E-state index contributed by atoms with van der Waals surface area (Å²) in [5, 5.41) is 15.0. The smallest absolute Gasteiger partial charge is 0.307 e. The highest BCUT2D eigenvalue weighted by atomic mass is 31.1. The third kappa shape index (κ3) is 5.16. The summed E-state index contributed by atoms with van der Waals surface area (Å²) >= 11 is 0. The quantitative estimate of drug-likeness (QED) is 0.189. The fourth-order valence-corrected chi connectivity index (χ4v) is 11.2. The minimum absolute atomic E-state index is 0.101.